The third kappa shape index (κ3) is 5.24. The van der Waals surface area contributed by atoms with E-state index in [-0.39, 0.29) is 24.6 Å². The molecule has 0 radical (unpaired) electrons. The number of benzene rings is 2. The van der Waals surface area contributed by atoms with E-state index < -0.39 is 10.8 Å². The fourth-order valence-electron chi connectivity index (χ4n) is 1.89. The van der Waals surface area contributed by atoms with Gasteiger partial charge in [-0.2, -0.15) is 0 Å². The first kappa shape index (κ1) is 16.2. The minimum Gasteiger partial charge on any atom is -0.347 e. The van der Waals surface area contributed by atoms with E-state index in [4.69, 9.17) is 0 Å². The summed E-state index contributed by atoms with van der Waals surface area (Å²) in [5.74, 6) is -0.657. The number of hydrogen-bond acceptors (Lipinski definition) is 4. The average Bonchev–Trinajstić information content (AvgIpc) is 2.54. The number of carbonyl (C=O) groups is 2. The smallest absolute Gasteiger partial charge is 0.269 e. The highest BCUT2D eigenvalue weighted by Gasteiger charge is 2.08. The number of rotatable bonds is 6. The highest BCUT2D eigenvalue weighted by molar-refractivity contribution is 5.94. The molecule has 2 aromatic rings. The predicted octanol–water partition coefficient (Wildman–Crippen LogP) is 1.89. The molecule has 0 fully saturated rings. The van der Waals surface area contributed by atoms with Crippen molar-refractivity contribution in [3.63, 3.8) is 0 Å². The fourth-order valence-corrected chi connectivity index (χ4v) is 1.89. The molecule has 7 nitrogen and oxygen atoms in total. The largest absolute Gasteiger partial charge is 0.347 e. The molecule has 0 aliphatic rings. The van der Waals surface area contributed by atoms with Crippen molar-refractivity contribution in [2.24, 2.45) is 0 Å². The molecule has 118 valence electrons. The van der Waals surface area contributed by atoms with Gasteiger partial charge in [-0.3, -0.25) is 19.7 Å². The second-order valence-electron chi connectivity index (χ2n) is 4.79. The van der Waals surface area contributed by atoms with E-state index in [0.717, 1.165) is 5.56 Å². The molecule has 2 N–H and O–H groups in total. The van der Waals surface area contributed by atoms with Crippen molar-refractivity contribution in [1.82, 2.24) is 5.32 Å². The monoisotopic (exact) mass is 313 g/mol. The fraction of sp³-hybridized carbons (Fsp3) is 0.125. The maximum absolute atomic E-state index is 11.7. The van der Waals surface area contributed by atoms with Crippen molar-refractivity contribution < 1.29 is 14.5 Å². The van der Waals surface area contributed by atoms with Crippen LogP contribution in [0.4, 0.5) is 11.4 Å². The Morgan fingerprint density at radius 2 is 1.61 bits per heavy atom. The number of nitro groups is 1. The summed E-state index contributed by atoms with van der Waals surface area (Å²) in [5.41, 5.74) is 1.23. The topological polar surface area (TPSA) is 101 Å². The van der Waals surface area contributed by atoms with Crippen molar-refractivity contribution >= 4 is 23.2 Å². The van der Waals surface area contributed by atoms with Crippen LogP contribution in [0.15, 0.2) is 54.6 Å². The molecule has 7 heteroatoms. The lowest BCUT2D eigenvalue weighted by Crippen LogP contribution is -2.33. The third-order valence-corrected chi connectivity index (χ3v) is 3.02. The number of non-ortho nitro benzene ring substituents is 1. The quantitative estimate of drug-likeness (QED) is 0.628. The molecule has 0 saturated heterocycles. The number of nitrogens with one attached hydrogen (secondary N) is 2. The van der Waals surface area contributed by atoms with Gasteiger partial charge in [0.1, 0.15) is 0 Å². The lowest BCUT2D eigenvalue weighted by molar-refractivity contribution is -0.384. The minimum atomic E-state index is -0.518. The van der Waals surface area contributed by atoms with Crippen LogP contribution in [-0.4, -0.2) is 23.3 Å². The zero-order valence-electron chi connectivity index (χ0n) is 12.2. The first-order valence-electron chi connectivity index (χ1n) is 6.89. The number of nitro benzene ring substituents is 1. The first-order valence-corrected chi connectivity index (χ1v) is 6.89. The highest BCUT2D eigenvalue weighted by Crippen LogP contribution is 2.15. The minimum absolute atomic E-state index is 0.0563. The Kier molecular flexibility index (Phi) is 5.40. The molecule has 2 rings (SSSR count). The summed E-state index contributed by atoms with van der Waals surface area (Å²) >= 11 is 0. The molecular formula is C16H15N3O4. The second-order valence-corrected chi connectivity index (χ2v) is 4.79. The van der Waals surface area contributed by atoms with Gasteiger partial charge in [-0.15, -0.1) is 0 Å². The molecule has 0 aliphatic carbocycles. The number of nitrogens with zero attached hydrogens (tertiary/aromatic N) is 1. The first-order chi connectivity index (χ1) is 11.0. The lowest BCUT2D eigenvalue weighted by atomic mass is 10.1. The molecule has 0 heterocycles. The van der Waals surface area contributed by atoms with Gasteiger partial charge >= 0.3 is 0 Å². The summed E-state index contributed by atoms with van der Waals surface area (Å²) in [7, 11) is 0. The Morgan fingerprint density at radius 1 is 0.957 bits per heavy atom. The maximum atomic E-state index is 11.7. The second kappa shape index (κ2) is 7.69. The van der Waals surface area contributed by atoms with Gasteiger partial charge in [-0.25, -0.2) is 0 Å². The van der Waals surface area contributed by atoms with E-state index in [2.05, 4.69) is 10.6 Å². The van der Waals surface area contributed by atoms with Crippen molar-refractivity contribution in [3.8, 4) is 0 Å². The molecular weight excluding hydrogens is 298 g/mol. The van der Waals surface area contributed by atoms with Crippen LogP contribution in [0.5, 0.6) is 0 Å². The van der Waals surface area contributed by atoms with Crippen molar-refractivity contribution in [2.45, 2.75) is 6.42 Å². The van der Waals surface area contributed by atoms with E-state index in [1.165, 1.54) is 24.3 Å². The van der Waals surface area contributed by atoms with E-state index in [1.54, 1.807) is 0 Å². The lowest BCUT2D eigenvalue weighted by Gasteiger charge is -2.07. The van der Waals surface area contributed by atoms with Crippen LogP contribution in [0, 0.1) is 10.1 Å². The summed E-state index contributed by atoms with van der Waals surface area (Å²) < 4.78 is 0. The summed E-state index contributed by atoms with van der Waals surface area (Å²) in [4.78, 5) is 33.5. The van der Waals surface area contributed by atoms with Gasteiger partial charge in [0.2, 0.25) is 11.8 Å². The van der Waals surface area contributed by atoms with Gasteiger partial charge in [0, 0.05) is 17.8 Å². The molecule has 0 aliphatic heterocycles. The van der Waals surface area contributed by atoms with E-state index in [1.807, 2.05) is 30.3 Å². The van der Waals surface area contributed by atoms with Crippen molar-refractivity contribution in [1.29, 1.82) is 0 Å². The van der Waals surface area contributed by atoms with Gasteiger partial charge < -0.3 is 10.6 Å². The summed E-state index contributed by atoms with van der Waals surface area (Å²) in [6.07, 6.45) is 0.200. The zero-order valence-corrected chi connectivity index (χ0v) is 12.2. The molecule has 0 spiro atoms. The summed E-state index contributed by atoms with van der Waals surface area (Å²) in [5, 5.41) is 15.6. The van der Waals surface area contributed by atoms with Crippen LogP contribution in [0.1, 0.15) is 5.56 Å². The van der Waals surface area contributed by atoms with Crippen LogP contribution in [0.3, 0.4) is 0 Å². The Labute approximate surface area is 132 Å². The molecule has 2 aromatic carbocycles. The predicted molar refractivity (Wildman–Crippen MR) is 84.9 cm³/mol. The van der Waals surface area contributed by atoms with Crippen molar-refractivity contribution in [2.75, 3.05) is 11.9 Å². The van der Waals surface area contributed by atoms with Crippen LogP contribution < -0.4 is 10.6 Å². The van der Waals surface area contributed by atoms with Gasteiger partial charge in [-0.05, 0) is 17.7 Å². The Bertz CT molecular complexity index is 699. The number of hydrogen-bond donors (Lipinski definition) is 2. The standard InChI is InChI=1S/C16H15N3O4/c20-15(10-12-4-2-1-3-5-12)17-11-16(21)18-13-6-8-14(9-7-13)19(22)23/h1-9H,10-11H2,(H,17,20)(H,18,21). The average molecular weight is 313 g/mol. The molecule has 0 atom stereocenters. The zero-order chi connectivity index (χ0) is 16.7. The van der Waals surface area contributed by atoms with Gasteiger partial charge in [-0.1, -0.05) is 30.3 Å². The van der Waals surface area contributed by atoms with Crippen LogP contribution in [0.2, 0.25) is 0 Å². The van der Waals surface area contributed by atoms with E-state index in [9.17, 15) is 19.7 Å². The molecule has 0 bridgehead atoms. The Balaban J connectivity index is 1.78. The SMILES string of the molecule is O=C(Cc1ccccc1)NCC(=O)Nc1ccc([N+](=O)[O-])cc1. The molecule has 0 aromatic heterocycles. The normalized spacial score (nSPS) is 9.91. The summed E-state index contributed by atoms with van der Waals surface area (Å²) in [6.45, 7) is -0.164. The molecule has 23 heavy (non-hydrogen) atoms. The molecule has 0 unspecified atom stereocenters. The van der Waals surface area contributed by atoms with Gasteiger partial charge in [0.15, 0.2) is 0 Å². The third-order valence-electron chi connectivity index (χ3n) is 3.02. The van der Waals surface area contributed by atoms with Gasteiger partial charge in [0.25, 0.3) is 5.69 Å². The van der Waals surface area contributed by atoms with Gasteiger partial charge in [0.05, 0.1) is 17.9 Å². The molecule has 2 amide bonds. The van der Waals surface area contributed by atoms with Crippen LogP contribution in [-0.2, 0) is 16.0 Å². The highest BCUT2D eigenvalue weighted by atomic mass is 16.6. The number of anilines is 1. The maximum Gasteiger partial charge on any atom is 0.269 e. The Morgan fingerprint density at radius 3 is 2.22 bits per heavy atom. The van der Waals surface area contributed by atoms with E-state index in [0.29, 0.717) is 5.69 Å². The number of carbonyl (C=O) groups excluding carboxylic acids is 2. The summed E-state index contributed by atoms with van der Waals surface area (Å²) in [6, 6.07) is 14.6. The Hall–Kier alpha value is -3.22. The molecule has 0 saturated carbocycles. The van der Waals surface area contributed by atoms with Crippen LogP contribution >= 0.6 is 0 Å². The van der Waals surface area contributed by atoms with Crippen LogP contribution in [0.25, 0.3) is 0 Å². The van der Waals surface area contributed by atoms with E-state index >= 15 is 0 Å². The van der Waals surface area contributed by atoms with Crippen molar-refractivity contribution in [3.05, 3.63) is 70.3 Å². The number of amides is 2.